The molecule has 0 atom stereocenters. The molecule has 17 heavy (non-hydrogen) atoms. The van der Waals surface area contributed by atoms with Gasteiger partial charge < -0.3 is 5.32 Å². The van der Waals surface area contributed by atoms with Gasteiger partial charge >= 0.3 is 0 Å². The molecular formula is C12H11BrClNOS. The molecule has 1 aromatic rings. The molecule has 0 fully saturated rings. The molecule has 0 saturated carbocycles. The number of benzene rings is 1. The van der Waals surface area contributed by atoms with E-state index < -0.39 is 0 Å². The third-order valence-electron chi connectivity index (χ3n) is 1.89. The SMILES string of the molecule is C#CCSCCNC(=O)c1ccc(Cl)cc1Br. The van der Waals surface area contributed by atoms with Crippen LogP contribution in [0.2, 0.25) is 5.02 Å². The number of carbonyl (C=O) groups is 1. The van der Waals surface area contributed by atoms with Crippen molar-refractivity contribution >= 4 is 45.2 Å². The third-order valence-corrected chi connectivity index (χ3v) is 3.65. The summed E-state index contributed by atoms with van der Waals surface area (Å²) >= 11 is 10.7. The molecule has 0 aliphatic carbocycles. The number of nitrogens with one attached hydrogen (secondary N) is 1. The van der Waals surface area contributed by atoms with Crippen molar-refractivity contribution in [3.8, 4) is 12.3 Å². The summed E-state index contributed by atoms with van der Waals surface area (Å²) in [4.78, 5) is 11.8. The molecule has 90 valence electrons. The van der Waals surface area contributed by atoms with E-state index in [1.807, 2.05) is 0 Å². The van der Waals surface area contributed by atoms with Gasteiger partial charge in [0.1, 0.15) is 0 Å². The highest BCUT2D eigenvalue weighted by Gasteiger charge is 2.09. The van der Waals surface area contributed by atoms with Crippen LogP contribution in [0.4, 0.5) is 0 Å². The van der Waals surface area contributed by atoms with Gasteiger partial charge in [-0.1, -0.05) is 17.5 Å². The Hall–Kier alpha value is -0.630. The summed E-state index contributed by atoms with van der Waals surface area (Å²) in [5, 5.41) is 3.41. The van der Waals surface area contributed by atoms with Crippen LogP contribution in [0.15, 0.2) is 22.7 Å². The Morgan fingerprint density at radius 3 is 3.00 bits per heavy atom. The van der Waals surface area contributed by atoms with Crippen LogP contribution in [-0.4, -0.2) is 24.0 Å². The lowest BCUT2D eigenvalue weighted by Gasteiger charge is -2.06. The number of rotatable bonds is 5. The predicted octanol–water partition coefficient (Wildman–Crippen LogP) is 3.20. The maximum Gasteiger partial charge on any atom is 0.252 e. The van der Waals surface area contributed by atoms with Crippen LogP contribution in [0.5, 0.6) is 0 Å². The van der Waals surface area contributed by atoms with Crippen molar-refractivity contribution in [1.82, 2.24) is 5.32 Å². The smallest absolute Gasteiger partial charge is 0.252 e. The molecule has 0 aromatic heterocycles. The van der Waals surface area contributed by atoms with Crippen LogP contribution in [0, 0.1) is 12.3 Å². The lowest BCUT2D eigenvalue weighted by Crippen LogP contribution is -2.26. The Kier molecular flexibility index (Phi) is 6.49. The summed E-state index contributed by atoms with van der Waals surface area (Å²) in [6.45, 7) is 0.597. The Morgan fingerprint density at radius 2 is 2.35 bits per heavy atom. The predicted molar refractivity (Wildman–Crippen MR) is 77.6 cm³/mol. The van der Waals surface area contributed by atoms with Gasteiger partial charge in [0.15, 0.2) is 0 Å². The maximum atomic E-state index is 11.8. The van der Waals surface area contributed by atoms with Crippen LogP contribution in [0.3, 0.4) is 0 Å². The van der Waals surface area contributed by atoms with Crippen LogP contribution in [-0.2, 0) is 0 Å². The van der Waals surface area contributed by atoms with Gasteiger partial charge in [-0.25, -0.2) is 0 Å². The van der Waals surface area contributed by atoms with Crippen LogP contribution < -0.4 is 5.32 Å². The van der Waals surface area contributed by atoms with Gasteiger partial charge in [-0.15, -0.1) is 18.2 Å². The van der Waals surface area contributed by atoms with Crippen LogP contribution in [0.1, 0.15) is 10.4 Å². The van der Waals surface area contributed by atoms with Crippen molar-refractivity contribution in [3.05, 3.63) is 33.3 Å². The molecule has 5 heteroatoms. The summed E-state index contributed by atoms with van der Waals surface area (Å²) in [6.07, 6.45) is 5.12. The minimum atomic E-state index is -0.116. The Balaban J connectivity index is 2.45. The molecule has 2 nitrogen and oxygen atoms in total. The summed E-state index contributed by atoms with van der Waals surface area (Å²) in [5.41, 5.74) is 0.580. The van der Waals surface area contributed by atoms with E-state index in [1.54, 1.807) is 30.0 Å². The molecular weight excluding hydrogens is 322 g/mol. The lowest BCUT2D eigenvalue weighted by atomic mass is 10.2. The van der Waals surface area contributed by atoms with Crippen LogP contribution in [0.25, 0.3) is 0 Å². The van der Waals surface area contributed by atoms with E-state index in [4.69, 9.17) is 18.0 Å². The third kappa shape index (κ3) is 5.03. The van der Waals surface area contributed by atoms with Crippen LogP contribution >= 0.6 is 39.3 Å². The molecule has 1 amide bonds. The fourth-order valence-corrected chi connectivity index (χ4v) is 2.51. The zero-order chi connectivity index (χ0) is 12.7. The highest BCUT2D eigenvalue weighted by molar-refractivity contribution is 9.10. The molecule has 0 unspecified atom stereocenters. The van der Waals surface area contributed by atoms with Gasteiger partial charge in [0, 0.05) is 21.8 Å². The number of terminal acetylenes is 1. The second-order valence-corrected chi connectivity index (χ2v) is 5.53. The molecule has 1 N–H and O–H groups in total. The topological polar surface area (TPSA) is 29.1 Å². The van der Waals surface area contributed by atoms with E-state index >= 15 is 0 Å². The summed E-state index contributed by atoms with van der Waals surface area (Å²) < 4.78 is 0.693. The molecule has 0 aliphatic heterocycles. The average molecular weight is 333 g/mol. The second-order valence-electron chi connectivity index (χ2n) is 3.14. The van der Waals surface area contributed by atoms with Crippen molar-refractivity contribution in [1.29, 1.82) is 0 Å². The first kappa shape index (κ1) is 14.4. The minimum absolute atomic E-state index is 0.116. The number of amides is 1. The quantitative estimate of drug-likeness (QED) is 0.663. The zero-order valence-electron chi connectivity index (χ0n) is 9.00. The summed E-state index contributed by atoms with van der Waals surface area (Å²) in [7, 11) is 0. The van der Waals surface area contributed by atoms with E-state index in [0.29, 0.717) is 27.4 Å². The Bertz CT molecular complexity index is 445. The highest BCUT2D eigenvalue weighted by atomic mass is 79.9. The standard InChI is InChI=1S/C12H11BrClNOS/c1-2-6-17-7-5-15-12(16)10-4-3-9(14)8-11(10)13/h1,3-4,8H,5-7H2,(H,15,16). The van der Waals surface area contributed by atoms with Crippen molar-refractivity contribution in [2.75, 3.05) is 18.1 Å². The van der Waals surface area contributed by atoms with Crippen molar-refractivity contribution < 1.29 is 4.79 Å². The number of hydrogen-bond donors (Lipinski definition) is 1. The second kappa shape index (κ2) is 7.65. The van der Waals surface area contributed by atoms with Gasteiger partial charge in [0.25, 0.3) is 5.91 Å². The minimum Gasteiger partial charge on any atom is -0.351 e. The van der Waals surface area contributed by atoms with Gasteiger partial charge in [-0.05, 0) is 34.1 Å². The number of carbonyl (C=O) groups excluding carboxylic acids is 1. The van der Waals surface area contributed by atoms with Crippen molar-refractivity contribution in [2.24, 2.45) is 0 Å². The Morgan fingerprint density at radius 1 is 1.59 bits per heavy atom. The first-order valence-electron chi connectivity index (χ1n) is 4.89. The first-order valence-corrected chi connectivity index (χ1v) is 7.22. The molecule has 0 radical (unpaired) electrons. The summed E-state index contributed by atoms with van der Waals surface area (Å²) in [6, 6.07) is 5.08. The van der Waals surface area contributed by atoms with Crippen molar-refractivity contribution in [2.45, 2.75) is 0 Å². The van der Waals surface area contributed by atoms with E-state index in [1.165, 1.54) is 0 Å². The molecule has 1 aromatic carbocycles. The van der Waals surface area contributed by atoms with E-state index in [2.05, 4.69) is 27.2 Å². The monoisotopic (exact) mass is 331 g/mol. The van der Waals surface area contributed by atoms with Gasteiger partial charge in [-0.2, -0.15) is 0 Å². The molecule has 0 aliphatic rings. The number of hydrogen-bond acceptors (Lipinski definition) is 2. The number of halogens is 2. The van der Waals surface area contributed by atoms with Gasteiger partial charge in [-0.3, -0.25) is 4.79 Å². The lowest BCUT2D eigenvalue weighted by molar-refractivity contribution is 0.0955. The summed E-state index contributed by atoms with van der Waals surface area (Å²) in [5.74, 6) is 3.89. The fraction of sp³-hybridized carbons (Fsp3) is 0.250. The molecule has 0 heterocycles. The normalized spacial score (nSPS) is 9.71. The maximum absolute atomic E-state index is 11.8. The number of thioether (sulfide) groups is 1. The zero-order valence-corrected chi connectivity index (χ0v) is 12.2. The fourth-order valence-electron chi connectivity index (χ4n) is 1.14. The molecule has 0 saturated heterocycles. The van der Waals surface area contributed by atoms with E-state index in [0.717, 1.165) is 5.75 Å². The van der Waals surface area contributed by atoms with Crippen molar-refractivity contribution in [3.63, 3.8) is 0 Å². The largest absolute Gasteiger partial charge is 0.351 e. The Labute approximate surface area is 119 Å². The molecule has 1 rings (SSSR count). The molecule has 0 bridgehead atoms. The van der Waals surface area contributed by atoms with Gasteiger partial charge in [0.05, 0.1) is 11.3 Å². The molecule has 0 spiro atoms. The van der Waals surface area contributed by atoms with Gasteiger partial charge in [0.2, 0.25) is 0 Å². The van der Waals surface area contributed by atoms with E-state index in [-0.39, 0.29) is 5.91 Å². The highest BCUT2D eigenvalue weighted by Crippen LogP contribution is 2.21. The average Bonchev–Trinajstić information content (AvgIpc) is 2.28. The first-order chi connectivity index (χ1) is 8.15. The van der Waals surface area contributed by atoms with E-state index in [9.17, 15) is 4.79 Å².